The second kappa shape index (κ2) is 7.74. The molecule has 1 heterocycles. The average Bonchev–Trinajstić information content (AvgIpc) is 2.86. The first kappa shape index (κ1) is 16.8. The number of rotatable bonds is 4. The molecule has 1 aliphatic heterocycles. The van der Waals surface area contributed by atoms with Crippen molar-refractivity contribution in [2.24, 2.45) is 0 Å². The van der Waals surface area contributed by atoms with E-state index >= 15 is 0 Å². The molecule has 2 aliphatic rings. The van der Waals surface area contributed by atoms with E-state index in [4.69, 9.17) is 0 Å². The Balaban J connectivity index is 1.66. The van der Waals surface area contributed by atoms with Gasteiger partial charge in [0.25, 0.3) is 0 Å². The lowest BCUT2D eigenvalue weighted by atomic mass is 10.0. The van der Waals surface area contributed by atoms with Gasteiger partial charge in [0.1, 0.15) is 0 Å². The highest BCUT2D eigenvalue weighted by Crippen LogP contribution is 2.36. The lowest BCUT2D eigenvalue weighted by molar-refractivity contribution is 0.104. The summed E-state index contributed by atoms with van der Waals surface area (Å²) in [7, 11) is 0. The van der Waals surface area contributed by atoms with E-state index in [0.29, 0.717) is 0 Å². The zero-order chi connectivity index (χ0) is 17.8. The molecule has 0 unspecified atom stereocenters. The molecule has 1 aliphatic carbocycles. The Bertz CT molecular complexity index is 840. The first-order valence-electron chi connectivity index (χ1n) is 9.67. The Labute approximate surface area is 155 Å². The third-order valence-electron chi connectivity index (χ3n) is 5.42. The predicted molar refractivity (Wildman–Crippen MR) is 107 cm³/mol. The van der Waals surface area contributed by atoms with Crippen molar-refractivity contribution in [3.05, 3.63) is 89.1 Å². The standard InChI is InChI=1S/C24H25NO/c26-24(19-10-4-3-5-11-19)15-14-22-21-13-7-6-12-20(21)18-23(22)25-16-8-1-2-9-17-25/h3-7,10-15H,1-2,8-9,16-18H2/b15-14+. The number of allylic oxidation sites excluding steroid dienone is 4. The second-order valence-corrected chi connectivity index (χ2v) is 7.16. The molecule has 0 aromatic heterocycles. The summed E-state index contributed by atoms with van der Waals surface area (Å²) in [4.78, 5) is 15.1. The summed E-state index contributed by atoms with van der Waals surface area (Å²) in [6, 6.07) is 18.1. The first-order valence-corrected chi connectivity index (χ1v) is 9.67. The van der Waals surface area contributed by atoms with Gasteiger partial charge < -0.3 is 4.90 Å². The molecule has 2 nitrogen and oxygen atoms in total. The van der Waals surface area contributed by atoms with Crippen LogP contribution in [0.15, 0.2) is 72.4 Å². The van der Waals surface area contributed by atoms with Crippen LogP contribution >= 0.6 is 0 Å². The maximum atomic E-state index is 12.5. The highest BCUT2D eigenvalue weighted by atomic mass is 16.1. The topological polar surface area (TPSA) is 20.3 Å². The normalized spacial score (nSPS) is 17.5. The Hall–Kier alpha value is -2.61. The number of fused-ring (bicyclic) bond motifs is 1. The molecule has 26 heavy (non-hydrogen) atoms. The summed E-state index contributed by atoms with van der Waals surface area (Å²) in [6.07, 6.45) is 9.95. The van der Waals surface area contributed by atoms with Crippen molar-refractivity contribution in [2.75, 3.05) is 13.1 Å². The molecular weight excluding hydrogens is 318 g/mol. The number of hydrogen-bond acceptors (Lipinski definition) is 2. The van der Waals surface area contributed by atoms with Crippen molar-refractivity contribution in [2.45, 2.75) is 32.1 Å². The lowest BCUT2D eigenvalue weighted by Crippen LogP contribution is -2.24. The molecule has 0 radical (unpaired) electrons. The molecule has 2 aromatic rings. The summed E-state index contributed by atoms with van der Waals surface area (Å²) in [5.74, 6) is 0.0673. The fourth-order valence-electron chi connectivity index (χ4n) is 4.03. The second-order valence-electron chi connectivity index (χ2n) is 7.16. The van der Waals surface area contributed by atoms with Crippen LogP contribution in [-0.4, -0.2) is 23.8 Å². The van der Waals surface area contributed by atoms with Gasteiger partial charge in [-0.2, -0.15) is 0 Å². The summed E-state index contributed by atoms with van der Waals surface area (Å²) in [6.45, 7) is 2.26. The monoisotopic (exact) mass is 343 g/mol. The van der Waals surface area contributed by atoms with E-state index in [9.17, 15) is 4.79 Å². The van der Waals surface area contributed by atoms with Gasteiger partial charge >= 0.3 is 0 Å². The maximum absolute atomic E-state index is 12.5. The van der Waals surface area contributed by atoms with E-state index in [1.807, 2.05) is 36.4 Å². The van der Waals surface area contributed by atoms with Gasteiger partial charge in [-0.1, -0.05) is 67.4 Å². The van der Waals surface area contributed by atoms with Crippen LogP contribution in [-0.2, 0) is 6.42 Å². The fraction of sp³-hybridized carbons (Fsp3) is 0.292. The molecule has 0 bridgehead atoms. The summed E-state index contributed by atoms with van der Waals surface area (Å²) < 4.78 is 0. The molecular formula is C24H25NO. The first-order chi connectivity index (χ1) is 12.8. The van der Waals surface area contributed by atoms with Crippen molar-refractivity contribution in [3.63, 3.8) is 0 Å². The van der Waals surface area contributed by atoms with Crippen LogP contribution in [0.4, 0.5) is 0 Å². The fourth-order valence-corrected chi connectivity index (χ4v) is 4.03. The number of nitrogens with zero attached hydrogens (tertiary/aromatic N) is 1. The van der Waals surface area contributed by atoms with Crippen molar-refractivity contribution < 1.29 is 4.79 Å². The maximum Gasteiger partial charge on any atom is 0.185 e. The van der Waals surface area contributed by atoms with E-state index in [1.54, 1.807) is 6.08 Å². The van der Waals surface area contributed by atoms with Crippen LogP contribution < -0.4 is 0 Å². The van der Waals surface area contributed by atoms with Crippen LogP contribution in [0.2, 0.25) is 0 Å². The Morgan fingerprint density at radius 1 is 0.846 bits per heavy atom. The zero-order valence-electron chi connectivity index (χ0n) is 15.2. The molecule has 0 atom stereocenters. The minimum atomic E-state index is 0.0673. The van der Waals surface area contributed by atoms with Gasteiger partial charge in [-0.05, 0) is 36.1 Å². The molecule has 1 saturated heterocycles. The van der Waals surface area contributed by atoms with E-state index in [1.165, 1.54) is 48.1 Å². The quantitative estimate of drug-likeness (QED) is 0.557. The molecule has 0 amide bonds. The average molecular weight is 343 g/mol. The molecule has 0 saturated carbocycles. The van der Waals surface area contributed by atoms with Crippen molar-refractivity contribution in [3.8, 4) is 0 Å². The Morgan fingerprint density at radius 2 is 1.54 bits per heavy atom. The molecule has 2 aromatic carbocycles. The van der Waals surface area contributed by atoms with Crippen molar-refractivity contribution in [1.82, 2.24) is 4.90 Å². The van der Waals surface area contributed by atoms with Crippen molar-refractivity contribution in [1.29, 1.82) is 0 Å². The molecule has 132 valence electrons. The third kappa shape index (κ3) is 3.50. The van der Waals surface area contributed by atoms with Crippen LogP contribution in [0.5, 0.6) is 0 Å². The van der Waals surface area contributed by atoms with Crippen molar-refractivity contribution >= 4 is 11.4 Å². The van der Waals surface area contributed by atoms with Gasteiger partial charge in [0, 0.05) is 36.3 Å². The van der Waals surface area contributed by atoms with Gasteiger partial charge in [0.2, 0.25) is 0 Å². The van der Waals surface area contributed by atoms with Gasteiger partial charge in [-0.3, -0.25) is 4.79 Å². The highest BCUT2D eigenvalue weighted by Gasteiger charge is 2.24. The predicted octanol–water partition coefficient (Wildman–Crippen LogP) is 5.27. The van der Waals surface area contributed by atoms with Crippen LogP contribution in [0.25, 0.3) is 5.57 Å². The van der Waals surface area contributed by atoms with E-state index < -0.39 is 0 Å². The number of ketones is 1. The summed E-state index contributed by atoms with van der Waals surface area (Å²) in [5.41, 5.74) is 6.02. The largest absolute Gasteiger partial charge is 0.374 e. The third-order valence-corrected chi connectivity index (χ3v) is 5.42. The number of likely N-dealkylation sites (tertiary alicyclic amines) is 1. The van der Waals surface area contributed by atoms with E-state index in [2.05, 4.69) is 29.2 Å². The van der Waals surface area contributed by atoms with Gasteiger partial charge in [-0.25, -0.2) is 0 Å². The summed E-state index contributed by atoms with van der Waals surface area (Å²) in [5, 5.41) is 0. The minimum absolute atomic E-state index is 0.0673. The Kier molecular flexibility index (Phi) is 5.01. The molecule has 0 spiro atoms. The highest BCUT2D eigenvalue weighted by molar-refractivity contribution is 6.06. The number of hydrogen-bond donors (Lipinski definition) is 0. The number of carbonyl (C=O) groups is 1. The van der Waals surface area contributed by atoms with E-state index in [0.717, 1.165) is 25.1 Å². The van der Waals surface area contributed by atoms with Gasteiger partial charge in [-0.15, -0.1) is 0 Å². The van der Waals surface area contributed by atoms with Gasteiger partial charge in [0.05, 0.1) is 0 Å². The summed E-state index contributed by atoms with van der Waals surface area (Å²) >= 11 is 0. The molecule has 2 heteroatoms. The smallest absolute Gasteiger partial charge is 0.185 e. The molecule has 1 fully saturated rings. The lowest BCUT2D eigenvalue weighted by Gasteiger charge is -2.25. The van der Waals surface area contributed by atoms with E-state index in [-0.39, 0.29) is 5.78 Å². The number of benzene rings is 2. The SMILES string of the molecule is O=C(/C=C/C1=C(N2CCCCCC2)Cc2ccccc21)c1ccccc1. The van der Waals surface area contributed by atoms with Crippen LogP contribution in [0, 0.1) is 0 Å². The molecule has 4 rings (SSSR count). The van der Waals surface area contributed by atoms with Crippen LogP contribution in [0.3, 0.4) is 0 Å². The minimum Gasteiger partial charge on any atom is -0.374 e. The molecule has 0 N–H and O–H groups in total. The number of carbonyl (C=O) groups excluding carboxylic acids is 1. The Morgan fingerprint density at radius 3 is 2.31 bits per heavy atom. The van der Waals surface area contributed by atoms with Gasteiger partial charge in [0.15, 0.2) is 5.78 Å². The zero-order valence-corrected chi connectivity index (χ0v) is 15.2. The van der Waals surface area contributed by atoms with Crippen LogP contribution in [0.1, 0.15) is 47.2 Å².